The van der Waals surface area contributed by atoms with Crippen molar-refractivity contribution in [2.75, 3.05) is 18.0 Å². The highest BCUT2D eigenvalue weighted by Gasteiger charge is 2.44. The Bertz CT molecular complexity index is 600. The molecule has 0 spiro atoms. The summed E-state index contributed by atoms with van der Waals surface area (Å²) < 4.78 is 1.61. The van der Waals surface area contributed by atoms with Gasteiger partial charge in [0.25, 0.3) is 0 Å². The third-order valence-electron chi connectivity index (χ3n) is 3.83. The van der Waals surface area contributed by atoms with Gasteiger partial charge in [-0.1, -0.05) is 0 Å². The monoisotopic (exact) mass is 292 g/mol. The summed E-state index contributed by atoms with van der Waals surface area (Å²) in [6.07, 6.45) is 6.35. The number of aliphatic carboxylic acids is 1. The fourth-order valence-electron chi connectivity index (χ4n) is 2.63. The molecule has 0 radical (unpaired) electrons. The zero-order chi connectivity index (χ0) is 14.2. The normalized spacial score (nSPS) is 18.1. The topological polar surface area (TPSA) is 71.2 Å². The maximum atomic E-state index is 11.8. The maximum absolute atomic E-state index is 11.8. The number of anilines is 1. The molecule has 106 valence electrons. The first-order valence-corrected chi connectivity index (χ1v) is 7.39. The van der Waals surface area contributed by atoms with Gasteiger partial charge < -0.3 is 10.0 Å². The molecule has 1 saturated heterocycles. The molecular weight excluding hydrogens is 276 g/mol. The second-order valence-corrected chi connectivity index (χ2v) is 5.97. The number of rotatable bonds is 3. The lowest BCUT2D eigenvalue weighted by Gasteiger charge is -2.38. The molecule has 1 aliphatic heterocycles. The van der Waals surface area contributed by atoms with E-state index in [1.807, 2.05) is 18.5 Å². The summed E-state index contributed by atoms with van der Waals surface area (Å²) in [7, 11) is 0. The second-order valence-electron chi connectivity index (χ2n) is 5.10. The highest BCUT2D eigenvalue weighted by atomic mass is 32.1. The van der Waals surface area contributed by atoms with Crippen LogP contribution in [-0.2, 0) is 10.3 Å². The van der Waals surface area contributed by atoms with E-state index < -0.39 is 11.5 Å². The average molecular weight is 292 g/mol. The van der Waals surface area contributed by atoms with Gasteiger partial charge in [-0.15, -0.1) is 11.3 Å². The number of aromatic nitrogens is 3. The Kier molecular flexibility index (Phi) is 3.21. The highest BCUT2D eigenvalue weighted by Crippen LogP contribution is 2.33. The van der Waals surface area contributed by atoms with E-state index in [0.717, 1.165) is 10.7 Å². The van der Waals surface area contributed by atoms with E-state index >= 15 is 0 Å². The van der Waals surface area contributed by atoms with Crippen LogP contribution < -0.4 is 4.90 Å². The SMILES string of the molecule is Cc1cnn(C2(C(=O)O)CCN(c3nccs3)CC2)c1. The lowest BCUT2D eigenvalue weighted by atomic mass is 9.88. The van der Waals surface area contributed by atoms with Crippen LogP contribution in [0, 0.1) is 6.92 Å². The molecular formula is C13H16N4O2S. The molecule has 1 N–H and O–H groups in total. The molecule has 3 rings (SSSR count). The van der Waals surface area contributed by atoms with Crippen LogP contribution in [0.4, 0.5) is 5.13 Å². The minimum Gasteiger partial charge on any atom is -0.479 e. The average Bonchev–Trinajstić information content (AvgIpc) is 3.10. The van der Waals surface area contributed by atoms with Gasteiger partial charge in [0.15, 0.2) is 10.7 Å². The lowest BCUT2D eigenvalue weighted by molar-refractivity contribution is -0.149. The second kappa shape index (κ2) is 4.90. The molecule has 0 atom stereocenters. The van der Waals surface area contributed by atoms with Crippen molar-refractivity contribution < 1.29 is 9.90 Å². The van der Waals surface area contributed by atoms with E-state index in [0.29, 0.717) is 25.9 Å². The fourth-order valence-corrected chi connectivity index (χ4v) is 3.32. The zero-order valence-electron chi connectivity index (χ0n) is 11.2. The molecule has 0 bridgehead atoms. The van der Waals surface area contributed by atoms with Gasteiger partial charge in [-0.3, -0.25) is 4.68 Å². The molecule has 3 heterocycles. The lowest BCUT2D eigenvalue weighted by Crippen LogP contribution is -2.51. The summed E-state index contributed by atoms with van der Waals surface area (Å²) in [6, 6.07) is 0. The van der Waals surface area contributed by atoms with Gasteiger partial charge in [0.2, 0.25) is 0 Å². The van der Waals surface area contributed by atoms with E-state index in [-0.39, 0.29) is 0 Å². The molecule has 0 unspecified atom stereocenters. The zero-order valence-corrected chi connectivity index (χ0v) is 12.0. The summed E-state index contributed by atoms with van der Waals surface area (Å²) in [5, 5.41) is 16.8. The number of carbonyl (C=O) groups is 1. The predicted molar refractivity (Wildman–Crippen MR) is 76.1 cm³/mol. The Morgan fingerprint density at radius 3 is 2.70 bits per heavy atom. The first kappa shape index (κ1) is 13.1. The van der Waals surface area contributed by atoms with Crippen LogP contribution in [0.1, 0.15) is 18.4 Å². The molecule has 2 aromatic rings. The van der Waals surface area contributed by atoms with Crippen molar-refractivity contribution in [3.05, 3.63) is 29.5 Å². The van der Waals surface area contributed by atoms with Crippen LogP contribution >= 0.6 is 11.3 Å². The van der Waals surface area contributed by atoms with Crippen LogP contribution in [0.5, 0.6) is 0 Å². The number of thiazole rings is 1. The van der Waals surface area contributed by atoms with Gasteiger partial charge in [-0.05, 0) is 12.5 Å². The number of hydrogen-bond acceptors (Lipinski definition) is 5. The third-order valence-corrected chi connectivity index (χ3v) is 4.66. The first-order valence-electron chi connectivity index (χ1n) is 6.51. The van der Waals surface area contributed by atoms with E-state index in [1.54, 1.807) is 28.4 Å². The largest absolute Gasteiger partial charge is 0.479 e. The first-order chi connectivity index (χ1) is 9.62. The van der Waals surface area contributed by atoms with Gasteiger partial charge >= 0.3 is 5.97 Å². The number of hydrogen-bond donors (Lipinski definition) is 1. The smallest absolute Gasteiger partial charge is 0.331 e. The number of carboxylic acid groups (broad SMARTS) is 1. The van der Waals surface area contributed by atoms with Crippen molar-refractivity contribution in [3.63, 3.8) is 0 Å². The van der Waals surface area contributed by atoms with Gasteiger partial charge in [-0.2, -0.15) is 5.10 Å². The Balaban J connectivity index is 1.83. The Hall–Kier alpha value is -1.89. The van der Waals surface area contributed by atoms with Crippen LogP contribution in [0.15, 0.2) is 24.0 Å². The van der Waals surface area contributed by atoms with Crippen LogP contribution in [-0.4, -0.2) is 38.9 Å². The molecule has 0 amide bonds. The number of aryl methyl sites for hydroxylation is 1. The molecule has 0 saturated carbocycles. The molecule has 20 heavy (non-hydrogen) atoms. The van der Waals surface area contributed by atoms with Gasteiger partial charge in [-0.25, -0.2) is 9.78 Å². The highest BCUT2D eigenvalue weighted by molar-refractivity contribution is 7.13. The number of nitrogens with zero attached hydrogens (tertiary/aromatic N) is 4. The van der Waals surface area contributed by atoms with Crippen molar-refractivity contribution >= 4 is 22.4 Å². The van der Waals surface area contributed by atoms with Crippen LogP contribution in [0.2, 0.25) is 0 Å². The summed E-state index contributed by atoms with van der Waals surface area (Å²) >= 11 is 1.58. The molecule has 1 fully saturated rings. The maximum Gasteiger partial charge on any atom is 0.331 e. The molecule has 0 aromatic carbocycles. The van der Waals surface area contributed by atoms with Gasteiger partial charge in [0.1, 0.15) is 0 Å². The van der Waals surface area contributed by atoms with E-state index in [1.165, 1.54) is 0 Å². The van der Waals surface area contributed by atoms with E-state index in [9.17, 15) is 9.90 Å². The molecule has 2 aromatic heterocycles. The predicted octanol–water partition coefficient (Wildman–Crippen LogP) is 1.73. The third kappa shape index (κ3) is 2.07. The van der Waals surface area contributed by atoms with Crippen molar-refractivity contribution in [1.29, 1.82) is 0 Å². The number of piperidine rings is 1. The van der Waals surface area contributed by atoms with Crippen LogP contribution in [0.25, 0.3) is 0 Å². The number of carboxylic acids is 1. The molecule has 7 heteroatoms. The summed E-state index contributed by atoms with van der Waals surface area (Å²) in [6.45, 7) is 3.28. The minimum atomic E-state index is -0.929. The summed E-state index contributed by atoms with van der Waals surface area (Å²) in [5.74, 6) is -0.806. The fraction of sp³-hybridized carbons (Fsp3) is 0.462. The van der Waals surface area contributed by atoms with Crippen molar-refractivity contribution in [2.24, 2.45) is 0 Å². The quantitative estimate of drug-likeness (QED) is 0.933. The molecule has 6 nitrogen and oxygen atoms in total. The molecule has 1 aliphatic rings. The van der Waals surface area contributed by atoms with Gasteiger partial charge in [0.05, 0.1) is 6.20 Å². The summed E-state index contributed by atoms with van der Waals surface area (Å²) in [4.78, 5) is 18.2. The van der Waals surface area contributed by atoms with Crippen molar-refractivity contribution in [3.8, 4) is 0 Å². The Labute approximate surface area is 120 Å². The van der Waals surface area contributed by atoms with Crippen molar-refractivity contribution in [1.82, 2.24) is 14.8 Å². The van der Waals surface area contributed by atoms with Gasteiger partial charge in [0, 0.05) is 43.7 Å². The van der Waals surface area contributed by atoms with Crippen LogP contribution in [0.3, 0.4) is 0 Å². The van der Waals surface area contributed by atoms with E-state index in [4.69, 9.17) is 0 Å². The van der Waals surface area contributed by atoms with E-state index in [2.05, 4.69) is 15.0 Å². The molecule has 0 aliphatic carbocycles. The summed E-state index contributed by atoms with van der Waals surface area (Å²) in [5.41, 5.74) is 0.0511. The van der Waals surface area contributed by atoms with Crippen molar-refractivity contribution in [2.45, 2.75) is 25.3 Å². The standard InChI is InChI=1S/C13H16N4O2S/c1-10-8-15-17(9-10)13(11(18)19)2-5-16(6-3-13)12-14-4-7-20-12/h4,7-9H,2-3,5-6H2,1H3,(H,18,19). The minimum absolute atomic E-state index is 0.531. The Morgan fingerprint density at radius 2 is 2.20 bits per heavy atom. The Morgan fingerprint density at radius 1 is 1.45 bits per heavy atom.